The SMILES string of the molecule is CC(C)(C)c1ccccc1-c1c2c(c(-c3ccccc3)c3ccccc13)-c1ccc3c4c(ccc-2c14)-c1c-3c(-c2ccccc2C(C)(C)C)c2cc3ccccc3cc2c1-c1ccccc1. The van der Waals surface area contributed by atoms with E-state index in [9.17, 15) is 0 Å². The molecule has 0 N–H and O–H groups in total. The van der Waals surface area contributed by atoms with E-state index in [0.29, 0.717) is 0 Å². The van der Waals surface area contributed by atoms with Gasteiger partial charge in [0.25, 0.3) is 0 Å². The molecule has 0 unspecified atom stereocenters. The fraction of sp³-hybridized carbons (Fsp3) is 0.121. The van der Waals surface area contributed by atoms with Crippen molar-refractivity contribution < 1.29 is 0 Å². The molecule has 314 valence electrons. The fourth-order valence-electron chi connectivity index (χ4n) is 12.1. The maximum atomic E-state index is 2.49. The summed E-state index contributed by atoms with van der Waals surface area (Å²) in [6.45, 7) is 14.1. The minimum atomic E-state index is -0.0806. The number of hydrogen-bond donors (Lipinski definition) is 0. The smallest absolute Gasteiger partial charge is 0.000730 e. The first-order chi connectivity index (χ1) is 32.1. The second kappa shape index (κ2) is 14.0. The van der Waals surface area contributed by atoms with Crippen LogP contribution < -0.4 is 0 Å². The molecule has 11 aromatic rings. The highest BCUT2D eigenvalue weighted by atomic mass is 14.4. The molecule has 0 saturated carbocycles. The van der Waals surface area contributed by atoms with Crippen molar-refractivity contribution in [2.24, 2.45) is 0 Å². The third-order valence-corrected chi connectivity index (χ3v) is 14.8. The number of benzene rings is 11. The average Bonchev–Trinajstić information content (AvgIpc) is 3.84. The quantitative estimate of drug-likeness (QED) is 0.155. The molecule has 0 nitrogen and oxygen atoms in total. The largest absolute Gasteiger partial charge is 0.0622 e. The zero-order valence-corrected chi connectivity index (χ0v) is 38.5. The summed E-state index contributed by atoms with van der Waals surface area (Å²) in [6, 6.07) is 73.7. The van der Waals surface area contributed by atoms with Gasteiger partial charge < -0.3 is 0 Å². The molecule has 0 saturated heterocycles. The third-order valence-electron chi connectivity index (χ3n) is 14.8. The monoisotopic (exact) mass is 842 g/mol. The molecule has 66 heavy (non-hydrogen) atoms. The van der Waals surface area contributed by atoms with E-state index in [4.69, 9.17) is 0 Å². The first kappa shape index (κ1) is 38.9. The molecule has 0 aromatic heterocycles. The van der Waals surface area contributed by atoms with Gasteiger partial charge in [0.2, 0.25) is 0 Å². The topological polar surface area (TPSA) is 0 Å². The lowest BCUT2D eigenvalue weighted by Gasteiger charge is -2.27. The van der Waals surface area contributed by atoms with Crippen LogP contribution in [0.2, 0.25) is 0 Å². The van der Waals surface area contributed by atoms with Crippen molar-refractivity contribution in [1.29, 1.82) is 0 Å². The summed E-state index contributed by atoms with van der Waals surface area (Å²) in [5, 5.41) is 10.4. The summed E-state index contributed by atoms with van der Waals surface area (Å²) in [5.74, 6) is 0. The fourth-order valence-corrected chi connectivity index (χ4v) is 12.1. The van der Waals surface area contributed by atoms with E-state index in [0.717, 1.165) is 0 Å². The van der Waals surface area contributed by atoms with Gasteiger partial charge in [0.15, 0.2) is 0 Å². The van der Waals surface area contributed by atoms with Crippen molar-refractivity contribution in [3.63, 3.8) is 0 Å². The van der Waals surface area contributed by atoms with Crippen molar-refractivity contribution >= 4 is 43.1 Å². The van der Waals surface area contributed by atoms with Crippen molar-refractivity contribution in [3.05, 3.63) is 205 Å². The summed E-state index contributed by atoms with van der Waals surface area (Å²) < 4.78 is 0. The van der Waals surface area contributed by atoms with Crippen LogP contribution in [-0.4, -0.2) is 0 Å². The molecule has 0 spiro atoms. The molecule has 0 fully saturated rings. The summed E-state index contributed by atoms with van der Waals surface area (Å²) in [5.41, 5.74) is 23.6. The molecule has 0 heterocycles. The summed E-state index contributed by atoms with van der Waals surface area (Å²) in [4.78, 5) is 0. The maximum absolute atomic E-state index is 2.49. The molecule has 11 aromatic carbocycles. The Morgan fingerprint density at radius 3 is 1.00 bits per heavy atom. The second-order valence-corrected chi connectivity index (χ2v) is 20.7. The highest BCUT2D eigenvalue weighted by Gasteiger charge is 2.38. The zero-order valence-electron chi connectivity index (χ0n) is 38.5. The molecule has 0 aliphatic heterocycles. The number of rotatable bonds is 4. The number of fused-ring (bicyclic) bond motifs is 9. The highest BCUT2D eigenvalue weighted by molar-refractivity contribution is 6.35. The van der Waals surface area contributed by atoms with E-state index in [2.05, 4.69) is 236 Å². The molecular formula is C66H50. The Morgan fingerprint density at radius 1 is 0.242 bits per heavy atom. The van der Waals surface area contributed by atoms with Gasteiger partial charge in [-0.15, -0.1) is 0 Å². The molecule has 13 rings (SSSR count). The van der Waals surface area contributed by atoms with E-state index in [1.165, 1.54) is 143 Å². The molecule has 0 radical (unpaired) electrons. The lowest BCUT2D eigenvalue weighted by molar-refractivity contribution is 0.592. The van der Waals surface area contributed by atoms with Crippen LogP contribution in [0.15, 0.2) is 194 Å². The summed E-state index contributed by atoms with van der Waals surface area (Å²) in [7, 11) is 0. The van der Waals surface area contributed by atoms with Gasteiger partial charge >= 0.3 is 0 Å². The first-order valence-electron chi connectivity index (χ1n) is 23.6. The molecule has 2 aliphatic carbocycles. The van der Waals surface area contributed by atoms with Crippen molar-refractivity contribution in [2.75, 3.05) is 0 Å². The van der Waals surface area contributed by atoms with Crippen LogP contribution in [0.5, 0.6) is 0 Å². The van der Waals surface area contributed by atoms with Crippen LogP contribution in [0.3, 0.4) is 0 Å². The Kier molecular flexibility index (Phi) is 8.24. The zero-order chi connectivity index (χ0) is 44.6. The Morgan fingerprint density at radius 2 is 0.561 bits per heavy atom. The standard InChI is InChI=1S/C66H50/c1-65(2,3)53-31-19-17-29-45(53)57-44-28-16-15-27-43(44)55(39-21-9-7-10-22-39)61-47-33-36-50-60-48(34-35-49(59(47)60)63(57)61)62-56(40-23-11-8-12-24-40)51-37-41-25-13-14-26-42(41)38-52(51)58(64(50)62)46-30-18-20-32-54(46)66(4,5)6/h7-38H,1-6H3. The highest BCUT2D eigenvalue weighted by Crippen LogP contribution is 2.65. The van der Waals surface area contributed by atoms with Crippen LogP contribution >= 0.6 is 0 Å². The van der Waals surface area contributed by atoms with Crippen LogP contribution in [0, 0.1) is 0 Å². The third kappa shape index (κ3) is 5.45. The minimum Gasteiger partial charge on any atom is -0.0622 e. The molecule has 0 heteroatoms. The minimum absolute atomic E-state index is 0.0640. The lowest BCUT2D eigenvalue weighted by atomic mass is 9.76. The van der Waals surface area contributed by atoms with Crippen molar-refractivity contribution in [3.8, 4) is 89.0 Å². The predicted molar refractivity (Wildman–Crippen MR) is 284 cm³/mol. The average molecular weight is 843 g/mol. The second-order valence-electron chi connectivity index (χ2n) is 20.7. The van der Waals surface area contributed by atoms with E-state index in [1.807, 2.05) is 0 Å². The van der Waals surface area contributed by atoms with Gasteiger partial charge in [-0.3, -0.25) is 0 Å². The van der Waals surface area contributed by atoms with Gasteiger partial charge in [-0.1, -0.05) is 224 Å². The Hall–Kier alpha value is -7.54. The molecule has 0 bridgehead atoms. The van der Waals surface area contributed by atoms with Crippen LogP contribution in [0.25, 0.3) is 132 Å². The van der Waals surface area contributed by atoms with E-state index in [-0.39, 0.29) is 10.8 Å². The van der Waals surface area contributed by atoms with E-state index in [1.54, 1.807) is 0 Å². The molecular weight excluding hydrogens is 793 g/mol. The van der Waals surface area contributed by atoms with Gasteiger partial charge in [0.05, 0.1) is 0 Å². The van der Waals surface area contributed by atoms with Crippen LogP contribution in [0.1, 0.15) is 52.7 Å². The van der Waals surface area contributed by atoms with Crippen molar-refractivity contribution in [2.45, 2.75) is 52.4 Å². The maximum Gasteiger partial charge on any atom is -0.000730 e. The van der Waals surface area contributed by atoms with Gasteiger partial charge in [-0.05, 0) is 166 Å². The first-order valence-corrected chi connectivity index (χ1v) is 23.6. The Bertz CT molecular complexity index is 3850. The van der Waals surface area contributed by atoms with E-state index < -0.39 is 0 Å². The molecule has 0 amide bonds. The van der Waals surface area contributed by atoms with Gasteiger partial charge in [-0.25, -0.2) is 0 Å². The Balaban J connectivity index is 1.24. The molecule has 2 aliphatic rings. The summed E-state index contributed by atoms with van der Waals surface area (Å²) >= 11 is 0. The van der Waals surface area contributed by atoms with Crippen LogP contribution in [-0.2, 0) is 10.8 Å². The normalized spacial score (nSPS) is 12.7. The Labute approximate surface area is 387 Å². The number of hydrogen-bond acceptors (Lipinski definition) is 0. The lowest BCUT2D eigenvalue weighted by Crippen LogP contribution is -2.13. The van der Waals surface area contributed by atoms with Gasteiger partial charge in [0, 0.05) is 0 Å². The predicted octanol–water partition coefficient (Wildman–Crippen LogP) is 18.9. The van der Waals surface area contributed by atoms with Crippen LogP contribution in [0.4, 0.5) is 0 Å². The van der Waals surface area contributed by atoms with Crippen molar-refractivity contribution in [1.82, 2.24) is 0 Å². The summed E-state index contributed by atoms with van der Waals surface area (Å²) in [6.07, 6.45) is 0. The van der Waals surface area contributed by atoms with Gasteiger partial charge in [-0.2, -0.15) is 0 Å². The van der Waals surface area contributed by atoms with E-state index >= 15 is 0 Å². The molecule has 0 atom stereocenters. The van der Waals surface area contributed by atoms with Gasteiger partial charge in [0.1, 0.15) is 0 Å².